The van der Waals surface area contributed by atoms with E-state index in [0.29, 0.717) is 19.4 Å². The van der Waals surface area contributed by atoms with E-state index in [9.17, 15) is 14.4 Å². The molecule has 3 amide bonds. The molecule has 3 N–H and O–H groups in total. The summed E-state index contributed by atoms with van der Waals surface area (Å²) in [5.74, 6) is -0.835. The van der Waals surface area contributed by atoms with Crippen LogP contribution in [0.25, 0.3) is 46.3 Å². The van der Waals surface area contributed by atoms with Crippen LogP contribution in [0.5, 0.6) is 0 Å². The average molecular weight is 658 g/mol. The van der Waals surface area contributed by atoms with Gasteiger partial charge in [0.2, 0.25) is 41.3 Å². The number of fused-ring (bicyclic) bond motifs is 16. The molecule has 0 spiro atoms. The first-order valence-electron chi connectivity index (χ1n) is 14.8. The Hall–Kier alpha value is -6.33. The zero-order valence-electron chi connectivity index (χ0n) is 25.7. The van der Waals surface area contributed by atoms with Crippen molar-refractivity contribution in [2.24, 2.45) is 5.92 Å². The summed E-state index contributed by atoms with van der Waals surface area (Å²) in [5, 5.41) is 8.45. The number of hydrogen-bond acceptors (Lipinski definition) is 15. The number of oxazole rings is 6. The molecule has 6 aromatic heterocycles. The first-order valence-corrected chi connectivity index (χ1v) is 14.8. The normalized spacial score (nSPS) is 16.3. The first kappa shape index (κ1) is 30.3. The van der Waals surface area contributed by atoms with Crippen LogP contribution in [0.1, 0.15) is 78.5 Å². The Morgan fingerprint density at radius 1 is 0.667 bits per heavy atom. The van der Waals surface area contributed by atoms with Crippen molar-refractivity contribution in [3.05, 3.63) is 60.7 Å². The van der Waals surface area contributed by atoms with Crippen LogP contribution in [0.4, 0.5) is 0 Å². The minimum atomic E-state index is -0.734. The Kier molecular flexibility index (Phi) is 7.87. The second-order valence-corrected chi connectivity index (χ2v) is 11.1. The first-order chi connectivity index (χ1) is 23.2. The molecule has 1 aliphatic rings. The van der Waals surface area contributed by atoms with Gasteiger partial charge in [-0.2, -0.15) is 0 Å². The fourth-order valence-corrected chi connectivity index (χ4v) is 4.83. The van der Waals surface area contributed by atoms with Gasteiger partial charge >= 0.3 is 0 Å². The van der Waals surface area contributed by atoms with Gasteiger partial charge in [0.15, 0.2) is 34.2 Å². The molecule has 6 aromatic rings. The standard InChI is InChI=1S/C30H27N9O9/c1-13(2)22-30-38-21(12-48-30)29-37-18(11-47-29)26-33-16(7-43-26)23(41)32-15(5-4-6-31-14(3)40)25-35-20(9-45-25)28-36-19(10-46-28)27-34-17(8-44-27)24(42)39-22/h7-13,15,22H,4-6H2,1-3H3,(H,31,40)(H,32,41)(H,39,42)/t15-,22-/m0/s1. The van der Waals surface area contributed by atoms with Crippen molar-refractivity contribution in [1.29, 1.82) is 0 Å². The second kappa shape index (κ2) is 12.5. The van der Waals surface area contributed by atoms with E-state index in [1.807, 2.05) is 13.8 Å². The molecule has 7 rings (SSSR count). The van der Waals surface area contributed by atoms with Crippen LogP contribution in [-0.2, 0) is 4.79 Å². The molecule has 2 atom stereocenters. The van der Waals surface area contributed by atoms with Crippen LogP contribution in [0.15, 0.2) is 64.1 Å². The van der Waals surface area contributed by atoms with Gasteiger partial charge in [-0.1, -0.05) is 13.8 Å². The Labute approximate surface area is 269 Å². The van der Waals surface area contributed by atoms with Crippen molar-refractivity contribution in [3.63, 3.8) is 0 Å². The number of amides is 3. The summed E-state index contributed by atoms with van der Waals surface area (Å²) in [7, 11) is 0. The molecule has 246 valence electrons. The largest absolute Gasteiger partial charge is 0.446 e. The van der Waals surface area contributed by atoms with E-state index < -0.39 is 23.9 Å². The number of rotatable bonds is 5. The van der Waals surface area contributed by atoms with Crippen molar-refractivity contribution in [1.82, 2.24) is 45.9 Å². The van der Waals surface area contributed by atoms with Crippen LogP contribution in [0, 0.1) is 5.92 Å². The molecule has 0 radical (unpaired) electrons. The molecule has 12 bridgehead atoms. The van der Waals surface area contributed by atoms with E-state index >= 15 is 0 Å². The third-order valence-electron chi connectivity index (χ3n) is 7.27. The highest BCUT2D eigenvalue weighted by atomic mass is 16.4. The smallest absolute Gasteiger partial charge is 0.273 e. The van der Waals surface area contributed by atoms with Crippen LogP contribution in [-0.4, -0.2) is 54.2 Å². The summed E-state index contributed by atoms with van der Waals surface area (Å²) in [5.41, 5.74) is 0.844. The molecule has 0 aliphatic carbocycles. The van der Waals surface area contributed by atoms with Gasteiger partial charge in [-0.15, -0.1) is 0 Å². The number of hydrogen-bond donors (Lipinski definition) is 3. The highest BCUT2D eigenvalue weighted by Crippen LogP contribution is 2.30. The molecule has 7 heterocycles. The van der Waals surface area contributed by atoms with E-state index in [2.05, 4.69) is 45.9 Å². The van der Waals surface area contributed by atoms with Gasteiger partial charge in [0.1, 0.15) is 49.7 Å². The molecule has 1 aliphatic heterocycles. The minimum absolute atomic E-state index is 0.00864. The summed E-state index contributed by atoms with van der Waals surface area (Å²) >= 11 is 0. The molecule has 0 unspecified atom stereocenters. The highest BCUT2D eigenvalue weighted by molar-refractivity contribution is 5.93. The molecular formula is C30H27N9O9. The van der Waals surface area contributed by atoms with Crippen molar-refractivity contribution < 1.29 is 40.9 Å². The summed E-state index contributed by atoms with van der Waals surface area (Å²) in [4.78, 5) is 64.2. The van der Waals surface area contributed by atoms with E-state index in [-0.39, 0.29) is 81.3 Å². The molecule has 18 nitrogen and oxygen atoms in total. The van der Waals surface area contributed by atoms with Gasteiger partial charge in [-0.05, 0) is 18.8 Å². The Bertz CT molecular complexity index is 2100. The lowest BCUT2D eigenvalue weighted by atomic mass is 10.0. The Balaban J connectivity index is 1.25. The van der Waals surface area contributed by atoms with E-state index in [0.717, 1.165) is 0 Å². The molecule has 0 saturated heterocycles. The zero-order valence-corrected chi connectivity index (χ0v) is 25.7. The van der Waals surface area contributed by atoms with Crippen molar-refractivity contribution in [2.45, 2.75) is 45.7 Å². The lowest BCUT2D eigenvalue weighted by molar-refractivity contribution is -0.118. The maximum absolute atomic E-state index is 13.3. The van der Waals surface area contributed by atoms with Gasteiger partial charge < -0.3 is 42.5 Å². The predicted molar refractivity (Wildman–Crippen MR) is 158 cm³/mol. The number of carbonyl (C=O) groups excluding carboxylic acids is 3. The van der Waals surface area contributed by atoms with E-state index in [1.165, 1.54) is 44.5 Å². The molecule has 0 aromatic carbocycles. The Morgan fingerprint density at radius 3 is 1.65 bits per heavy atom. The number of aromatic nitrogens is 6. The molecule has 18 heteroatoms. The third-order valence-corrected chi connectivity index (χ3v) is 7.27. The van der Waals surface area contributed by atoms with Crippen molar-refractivity contribution in [2.75, 3.05) is 6.54 Å². The van der Waals surface area contributed by atoms with Crippen LogP contribution in [0.3, 0.4) is 0 Å². The number of nitrogens with zero attached hydrogens (tertiary/aromatic N) is 6. The fourth-order valence-electron chi connectivity index (χ4n) is 4.83. The van der Waals surface area contributed by atoms with Crippen LogP contribution in [0.2, 0.25) is 0 Å². The molecular weight excluding hydrogens is 630 g/mol. The summed E-state index contributed by atoms with van der Waals surface area (Å²) in [6.07, 6.45) is 8.48. The van der Waals surface area contributed by atoms with Crippen molar-refractivity contribution in [3.8, 4) is 46.3 Å². The maximum Gasteiger partial charge on any atom is 0.273 e. The van der Waals surface area contributed by atoms with Gasteiger partial charge in [0.05, 0.1) is 0 Å². The average Bonchev–Trinajstić information content (AvgIpc) is 3.90. The highest BCUT2D eigenvalue weighted by Gasteiger charge is 2.29. The summed E-state index contributed by atoms with van der Waals surface area (Å²) in [6, 6.07) is -1.38. The topological polar surface area (TPSA) is 243 Å². The fraction of sp³-hybridized carbons (Fsp3) is 0.300. The van der Waals surface area contributed by atoms with Gasteiger partial charge in [0.25, 0.3) is 11.8 Å². The number of carbonyl (C=O) groups is 3. The number of nitrogens with one attached hydrogen (secondary N) is 3. The lowest BCUT2D eigenvalue weighted by Gasteiger charge is -2.18. The van der Waals surface area contributed by atoms with Gasteiger partial charge in [-0.25, -0.2) is 29.9 Å². The second-order valence-electron chi connectivity index (χ2n) is 11.1. The van der Waals surface area contributed by atoms with Gasteiger partial charge in [0, 0.05) is 13.5 Å². The summed E-state index contributed by atoms with van der Waals surface area (Å²) in [6.45, 7) is 5.55. The summed E-state index contributed by atoms with van der Waals surface area (Å²) < 4.78 is 33.7. The van der Waals surface area contributed by atoms with E-state index in [1.54, 1.807) is 0 Å². The van der Waals surface area contributed by atoms with Crippen molar-refractivity contribution >= 4 is 17.7 Å². The minimum Gasteiger partial charge on any atom is -0.446 e. The zero-order chi connectivity index (χ0) is 33.4. The van der Waals surface area contributed by atoms with Gasteiger partial charge in [-0.3, -0.25) is 14.4 Å². The molecule has 0 fully saturated rings. The molecule has 0 saturated carbocycles. The van der Waals surface area contributed by atoms with Crippen LogP contribution < -0.4 is 16.0 Å². The molecule has 48 heavy (non-hydrogen) atoms. The predicted octanol–water partition coefficient (Wildman–Crippen LogP) is 4.11. The Morgan fingerprint density at radius 2 is 1.10 bits per heavy atom. The SMILES string of the molecule is CC(=O)NCCC[C@@H]1NC(=O)c2coc(n2)-c2coc(n2)-c2coc(n2)[C@H](C(C)C)NC(=O)c2coc(n2)-c2coc(n2)-c2coc1n2. The quantitative estimate of drug-likeness (QED) is 0.221. The maximum atomic E-state index is 13.3. The monoisotopic (exact) mass is 657 g/mol. The third kappa shape index (κ3) is 6.09. The van der Waals surface area contributed by atoms with E-state index in [4.69, 9.17) is 26.5 Å². The lowest BCUT2D eigenvalue weighted by Crippen LogP contribution is -2.32. The van der Waals surface area contributed by atoms with Crippen LogP contribution >= 0.6 is 0 Å².